The van der Waals surface area contributed by atoms with E-state index in [0.29, 0.717) is 23.6 Å². The lowest BCUT2D eigenvalue weighted by atomic mass is 10.1. The maximum atomic E-state index is 12.6. The Hall–Kier alpha value is -1.28. The number of halogens is 1. The standard InChI is InChI=1S/C16H18INO3S/c1-4-21-15-9-10-16(12(3)11(15)2)22(19,20)18-14-7-5-13(17)6-8-14/h5-10,18H,4H2,1-3H3. The van der Waals surface area contributed by atoms with Gasteiger partial charge in [-0.05, 0) is 90.9 Å². The summed E-state index contributed by atoms with van der Waals surface area (Å²) in [4.78, 5) is 0.270. The normalized spacial score (nSPS) is 11.3. The van der Waals surface area contributed by atoms with E-state index in [-0.39, 0.29) is 4.90 Å². The summed E-state index contributed by atoms with van der Waals surface area (Å²) >= 11 is 2.18. The summed E-state index contributed by atoms with van der Waals surface area (Å²) in [6.07, 6.45) is 0. The lowest BCUT2D eigenvalue weighted by Crippen LogP contribution is -2.15. The minimum Gasteiger partial charge on any atom is -0.494 e. The second-order valence-electron chi connectivity index (χ2n) is 4.86. The zero-order valence-electron chi connectivity index (χ0n) is 12.7. The second kappa shape index (κ2) is 6.87. The van der Waals surface area contributed by atoms with Crippen molar-refractivity contribution in [3.63, 3.8) is 0 Å². The molecule has 0 saturated heterocycles. The molecule has 2 aromatic rings. The van der Waals surface area contributed by atoms with Gasteiger partial charge in [-0.15, -0.1) is 0 Å². The van der Waals surface area contributed by atoms with Crippen LogP contribution in [-0.2, 0) is 10.0 Å². The SMILES string of the molecule is CCOc1ccc(S(=O)(=O)Nc2ccc(I)cc2)c(C)c1C. The second-order valence-corrected chi connectivity index (χ2v) is 7.75. The van der Waals surface area contributed by atoms with Gasteiger partial charge in [0.25, 0.3) is 10.0 Å². The van der Waals surface area contributed by atoms with Crippen molar-refractivity contribution in [2.75, 3.05) is 11.3 Å². The van der Waals surface area contributed by atoms with Crippen molar-refractivity contribution in [3.8, 4) is 5.75 Å². The van der Waals surface area contributed by atoms with Crippen LogP contribution in [-0.4, -0.2) is 15.0 Å². The molecule has 0 amide bonds. The molecule has 2 aromatic carbocycles. The summed E-state index contributed by atoms with van der Waals surface area (Å²) in [6, 6.07) is 10.5. The Balaban J connectivity index is 2.37. The minimum absolute atomic E-state index is 0.270. The van der Waals surface area contributed by atoms with Crippen LogP contribution in [0, 0.1) is 17.4 Å². The van der Waals surface area contributed by atoms with E-state index < -0.39 is 10.0 Å². The molecule has 2 rings (SSSR count). The van der Waals surface area contributed by atoms with Crippen molar-refractivity contribution in [2.45, 2.75) is 25.7 Å². The highest BCUT2D eigenvalue weighted by Gasteiger charge is 2.19. The van der Waals surface area contributed by atoms with Crippen molar-refractivity contribution in [1.29, 1.82) is 0 Å². The fourth-order valence-electron chi connectivity index (χ4n) is 2.10. The predicted octanol–water partition coefficient (Wildman–Crippen LogP) is 4.11. The van der Waals surface area contributed by atoms with Crippen LogP contribution >= 0.6 is 22.6 Å². The van der Waals surface area contributed by atoms with Crippen LogP contribution in [0.2, 0.25) is 0 Å². The first-order valence-electron chi connectivity index (χ1n) is 6.86. The Morgan fingerprint density at radius 3 is 2.27 bits per heavy atom. The highest BCUT2D eigenvalue weighted by atomic mass is 127. The number of anilines is 1. The summed E-state index contributed by atoms with van der Waals surface area (Å²) in [7, 11) is -3.62. The molecular formula is C16H18INO3S. The van der Waals surface area contributed by atoms with Crippen molar-refractivity contribution in [2.24, 2.45) is 0 Å². The first kappa shape index (κ1) is 17.1. The Labute approximate surface area is 145 Å². The van der Waals surface area contributed by atoms with Gasteiger partial charge in [-0.3, -0.25) is 4.72 Å². The maximum Gasteiger partial charge on any atom is 0.262 e. The van der Waals surface area contributed by atoms with Gasteiger partial charge >= 0.3 is 0 Å². The van der Waals surface area contributed by atoms with Crippen molar-refractivity contribution < 1.29 is 13.2 Å². The number of hydrogen-bond acceptors (Lipinski definition) is 3. The van der Waals surface area contributed by atoms with Crippen LogP contribution in [0.5, 0.6) is 5.75 Å². The van der Waals surface area contributed by atoms with Crippen molar-refractivity contribution in [1.82, 2.24) is 0 Å². The van der Waals surface area contributed by atoms with Gasteiger partial charge in [0.2, 0.25) is 0 Å². The molecule has 0 saturated carbocycles. The van der Waals surface area contributed by atoms with Gasteiger partial charge < -0.3 is 4.74 Å². The number of rotatable bonds is 5. The topological polar surface area (TPSA) is 55.4 Å². The monoisotopic (exact) mass is 431 g/mol. The first-order valence-corrected chi connectivity index (χ1v) is 9.42. The lowest BCUT2D eigenvalue weighted by molar-refractivity contribution is 0.337. The summed E-state index contributed by atoms with van der Waals surface area (Å²) < 4.78 is 34.3. The zero-order valence-corrected chi connectivity index (χ0v) is 15.7. The number of ether oxygens (including phenoxy) is 1. The molecule has 0 unspecified atom stereocenters. The molecule has 0 aromatic heterocycles. The predicted molar refractivity (Wildman–Crippen MR) is 97.1 cm³/mol. The zero-order chi connectivity index (χ0) is 16.3. The van der Waals surface area contributed by atoms with Gasteiger partial charge in [0.15, 0.2) is 0 Å². The van der Waals surface area contributed by atoms with Gasteiger partial charge in [0, 0.05) is 9.26 Å². The van der Waals surface area contributed by atoms with E-state index in [4.69, 9.17) is 4.74 Å². The van der Waals surface area contributed by atoms with Crippen molar-refractivity contribution >= 4 is 38.3 Å². The first-order chi connectivity index (χ1) is 10.3. The molecule has 0 radical (unpaired) electrons. The van der Waals surface area contributed by atoms with E-state index in [1.165, 1.54) is 0 Å². The summed E-state index contributed by atoms with van der Waals surface area (Å²) in [5.74, 6) is 0.716. The van der Waals surface area contributed by atoms with E-state index in [0.717, 1.165) is 9.13 Å². The van der Waals surface area contributed by atoms with Crippen molar-refractivity contribution in [3.05, 3.63) is 51.1 Å². The lowest BCUT2D eigenvalue weighted by Gasteiger charge is -2.15. The molecule has 1 N–H and O–H groups in total. The number of sulfonamides is 1. The van der Waals surface area contributed by atoms with Crippen LogP contribution in [0.1, 0.15) is 18.1 Å². The molecule has 6 heteroatoms. The molecular weight excluding hydrogens is 413 g/mol. The molecule has 0 heterocycles. The largest absolute Gasteiger partial charge is 0.494 e. The van der Waals surface area contributed by atoms with E-state index in [2.05, 4.69) is 27.3 Å². The van der Waals surface area contributed by atoms with E-state index in [1.54, 1.807) is 31.2 Å². The molecule has 0 bridgehead atoms. The Bertz CT molecular complexity index is 771. The number of nitrogens with one attached hydrogen (secondary N) is 1. The maximum absolute atomic E-state index is 12.6. The van der Waals surface area contributed by atoms with Gasteiger partial charge in [-0.1, -0.05) is 0 Å². The number of benzene rings is 2. The average molecular weight is 431 g/mol. The Kier molecular flexibility index (Phi) is 5.33. The van der Waals surface area contributed by atoms with Gasteiger partial charge in [-0.2, -0.15) is 0 Å². The Morgan fingerprint density at radius 1 is 1.05 bits per heavy atom. The van der Waals surface area contributed by atoms with Gasteiger partial charge in [-0.25, -0.2) is 8.42 Å². The molecule has 0 aliphatic carbocycles. The van der Waals surface area contributed by atoms with Crippen LogP contribution in [0.4, 0.5) is 5.69 Å². The smallest absolute Gasteiger partial charge is 0.262 e. The third-order valence-corrected chi connectivity index (χ3v) is 5.62. The van der Waals surface area contributed by atoms with Crippen LogP contribution < -0.4 is 9.46 Å². The van der Waals surface area contributed by atoms with Gasteiger partial charge in [0.05, 0.1) is 11.5 Å². The minimum atomic E-state index is -3.62. The molecule has 0 spiro atoms. The number of hydrogen-bond donors (Lipinski definition) is 1. The molecule has 0 aliphatic heterocycles. The molecule has 4 nitrogen and oxygen atoms in total. The summed E-state index contributed by atoms with van der Waals surface area (Å²) in [5, 5.41) is 0. The van der Waals surface area contributed by atoms with Crippen LogP contribution in [0.25, 0.3) is 0 Å². The highest BCUT2D eigenvalue weighted by Crippen LogP contribution is 2.28. The summed E-state index contributed by atoms with van der Waals surface area (Å²) in [6.45, 7) is 6.11. The van der Waals surface area contributed by atoms with Gasteiger partial charge in [0.1, 0.15) is 5.75 Å². The average Bonchev–Trinajstić information content (AvgIpc) is 2.46. The molecule has 22 heavy (non-hydrogen) atoms. The molecule has 0 fully saturated rings. The quantitative estimate of drug-likeness (QED) is 0.726. The molecule has 118 valence electrons. The van der Waals surface area contributed by atoms with E-state index >= 15 is 0 Å². The summed E-state index contributed by atoms with van der Waals surface area (Å²) in [5.41, 5.74) is 2.09. The fourth-order valence-corrected chi connectivity index (χ4v) is 3.82. The molecule has 0 aliphatic rings. The Morgan fingerprint density at radius 2 is 1.68 bits per heavy atom. The van der Waals surface area contributed by atoms with Crippen LogP contribution in [0.3, 0.4) is 0 Å². The third kappa shape index (κ3) is 3.73. The fraction of sp³-hybridized carbons (Fsp3) is 0.250. The van der Waals surface area contributed by atoms with E-state index in [9.17, 15) is 8.42 Å². The molecule has 0 atom stereocenters. The van der Waals surface area contributed by atoms with E-state index in [1.807, 2.05) is 26.0 Å². The van der Waals surface area contributed by atoms with Crippen LogP contribution in [0.15, 0.2) is 41.3 Å². The third-order valence-electron chi connectivity index (χ3n) is 3.37. The highest BCUT2D eigenvalue weighted by molar-refractivity contribution is 14.1.